The van der Waals surface area contributed by atoms with Gasteiger partial charge in [0, 0.05) is 48.1 Å². The summed E-state index contributed by atoms with van der Waals surface area (Å²) in [5.41, 5.74) is 2.89. The summed E-state index contributed by atoms with van der Waals surface area (Å²) >= 11 is 0. The van der Waals surface area contributed by atoms with Crippen LogP contribution in [0.25, 0.3) is 21.8 Å². The van der Waals surface area contributed by atoms with E-state index in [0.29, 0.717) is 58.0 Å². The topological polar surface area (TPSA) is 100 Å². The van der Waals surface area contributed by atoms with E-state index in [0.717, 1.165) is 73.8 Å². The molecule has 0 radical (unpaired) electrons. The summed E-state index contributed by atoms with van der Waals surface area (Å²) in [6, 6.07) is 15.1. The fraction of sp³-hybridized carbons (Fsp3) is 0.450. The van der Waals surface area contributed by atoms with Crippen molar-refractivity contribution in [3.05, 3.63) is 85.0 Å². The first-order valence-electron chi connectivity index (χ1n) is 17.6. The van der Waals surface area contributed by atoms with E-state index in [-0.39, 0.29) is 12.1 Å². The number of benzene rings is 2. The van der Waals surface area contributed by atoms with E-state index in [1.165, 1.54) is 0 Å². The highest BCUT2D eigenvalue weighted by molar-refractivity contribution is 5.86. The number of pyridine rings is 2. The van der Waals surface area contributed by atoms with Gasteiger partial charge in [-0.1, -0.05) is 12.2 Å². The van der Waals surface area contributed by atoms with E-state index < -0.39 is 12.2 Å². The van der Waals surface area contributed by atoms with Crippen LogP contribution >= 0.6 is 0 Å². The zero-order chi connectivity index (χ0) is 33.8. The first-order chi connectivity index (χ1) is 23.9. The molecule has 2 aromatic heterocycles. The van der Waals surface area contributed by atoms with Gasteiger partial charge in [-0.15, -0.1) is 13.2 Å². The molecule has 0 amide bonds. The van der Waals surface area contributed by atoms with Crippen molar-refractivity contribution in [2.75, 3.05) is 40.4 Å². The number of fused-ring (bicyclic) bond motifs is 8. The molecule has 6 aliphatic heterocycles. The Hall–Kier alpha value is -4.02. The molecule has 256 valence electrons. The number of piperidine rings is 6. The van der Waals surface area contributed by atoms with E-state index in [9.17, 15) is 10.2 Å². The van der Waals surface area contributed by atoms with Gasteiger partial charge in [0.25, 0.3) is 0 Å². The molecule has 4 aromatic rings. The third kappa shape index (κ3) is 5.76. The third-order valence-electron chi connectivity index (χ3n) is 11.9. The van der Waals surface area contributed by atoms with Crippen LogP contribution in [0.15, 0.2) is 73.8 Å². The van der Waals surface area contributed by atoms with Gasteiger partial charge in [-0.3, -0.25) is 9.80 Å². The Morgan fingerprint density at radius 1 is 0.714 bits per heavy atom. The smallest absolute Gasteiger partial charge is 0.222 e. The molecule has 9 heteroatoms. The van der Waals surface area contributed by atoms with Crippen LogP contribution in [0.5, 0.6) is 23.3 Å². The minimum Gasteiger partial charge on any atom is -0.497 e. The number of nitrogens with zero attached hydrogens (tertiary/aromatic N) is 4. The van der Waals surface area contributed by atoms with Crippen molar-refractivity contribution in [3.8, 4) is 23.3 Å². The molecule has 0 saturated carbocycles. The summed E-state index contributed by atoms with van der Waals surface area (Å²) in [6.07, 6.45) is 6.71. The zero-order valence-electron chi connectivity index (χ0n) is 28.4. The van der Waals surface area contributed by atoms with Gasteiger partial charge in [0.05, 0.1) is 37.5 Å². The van der Waals surface area contributed by atoms with Crippen molar-refractivity contribution >= 4 is 21.8 Å². The molecule has 0 spiro atoms. The number of aliphatic hydroxyl groups is 2. The molecule has 10 atom stereocenters. The summed E-state index contributed by atoms with van der Waals surface area (Å²) < 4.78 is 17.6. The second kappa shape index (κ2) is 13.0. The molecule has 6 saturated heterocycles. The van der Waals surface area contributed by atoms with Crippen LogP contribution in [0.1, 0.15) is 49.0 Å². The van der Waals surface area contributed by atoms with Crippen LogP contribution < -0.4 is 14.2 Å². The first kappa shape index (κ1) is 32.2. The van der Waals surface area contributed by atoms with Crippen molar-refractivity contribution in [2.45, 2.75) is 50.0 Å². The number of hydrogen-bond donors (Lipinski definition) is 2. The highest BCUT2D eigenvalue weighted by Crippen LogP contribution is 2.45. The van der Waals surface area contributed by atoms with E-state index in [2.05, 4.69) is 35.1 Å². The summed E-state index contributed by atoms with van der Waals surface area (Å²) in [5.74, 6) is 4.02. The van der Waals surface area contributed by atoms with Gasteiger partial charge >= 0.3 is 0 Å². The standard InChI is InChI=1S/C40H46N4O5/c1-5-23-21-43-13-11-25(23)15-35(43)39(45)31-19-37(41-33-9-7-27(47-3)17-29(31)33)49-38-20-32(30-18-28(48-4)8-10-34(30)42-38)40(46)36-16-26-12-14-44(36)22-24(26)6-2/h5-10,17-20,23-26,35-36,39-40,45-46H,1-2,11-16,21-22H2,3-4H3/t23-,24-,25?,26?,35-,36-,39+,40+/m0/s1. The SMILES string of the molecule is C=C[C@H]1CN2CCC1C[C@H]2[C@H](O)c1cc(Oc2cc([C@@H](O)[C@@H]3CC4CCN3C[C@@H]4C=C)c3cc(OC)ccc3n2)nc2ccc(OC)cc12. The molecule has 10 rings (SSSR count). The number of methoxy groups -OCH3 is 2. The molecule has 2 aromatic carbocycles. The van der Waals surface area contributed by atoms with Gasteiger partial charge in [-0.2, -0.15) is 0 Å². The number of aromatic nitrogens is 2. The average molecular weight is 663 g/mol. The summed E-state index contributed by atoms with van der Waals surface area (Å²) in [4.78, 5) is 14.6. The molecule has 49 heavy (non-hydrogen) atoms. The maximum absolute atomic E-state index is 12.1. The maximum Gasteiger partial charge on any atom is 0.222 e. The Bertz CT molecular complexity index is 1760. The zero-order valence-corrected chi connectivity index (χ0v) is 28.4. The van der Waals surface area contributed by atoms with Crippen LogP contribution in [-0.2, 0) is 0 Å². The largest absolute Gasteiger partial charge is 0.497 e. The highest BCUT2D eigenvalue weighted by Gasteiger charge is 2.44. The van der Waals surface area contributed by atoms with Crippen molar-refractivity contribution in [1.82, 2.24) is 19.8 Å². The van der Waals surface area contributed by atoms with E-state index in [1.807, 2.05) is 48.5 Å². The minimum absolute atomic E-state index is 0.0170. The van der Waals surface area contributed by atoms with Gasteiger partial charge in [0.1, 0.15) is 11.5 Å². The molecule has 4 unspecified atom stereocenters. The Balaban J connectivity index is 1.17. The summed E-state index contributed by atoms with van der Waals surface area (Å²) in [6.45, 7) is 11.9. The number of hydrogen-bond acceptors (Lipinski definition) is 9. The van der Waals surface area contributed by atoms with Gasteiger partial charge in [-0.05, 0) is 110 Å². The second-order valence-corrected chi connectivity index (χ2v) is 14.3. The number of rotatable bonds is 10. The van der Waals surface area contributed by atoms with Gasteiger partial charge in [-0.25, -0.2) is 9.97 Å². The Morgan fingerprint density at radius 2 is 1.16 bits per heavy atom. The molecule has 0 aliphatic carbocycles. The van der Waals surface area contributed by atoms with Crippen molar-refractivity contribution in [2.24, 2.45) is 23.7 Å². The Kier molecular flexibility index (Phi) is 8.56. The predicted octanol–water partition coefficient (Wildman–Crippen LogP) is 6.45. The average Bonchev–Trinajstić information content (AvgIpc) is 3.16. The van der Waals surface area contributed by atoms with Crippen molar-refractivity contribution in [3.63, 3.8) is 0 Å². The molecule has 9 nitrogen and oxygen atoms in total. The quantitative estimate of drug-likeness (QED) is 0.186. The molecule has 8 heterocycles. The van der Waals surface area contributed by atoms with E-state index >= 15 is 0 Å². The Labute approximate surface area is 287 Å². The number of aliphatic hydroxyl groups excluding tert-OH is 2. The monoisotopic (exact) mass is 662 g/mol. The van der Waals surface area contributed by atoms with Crippen LogP contribution in [0, 0.1) is 23.7 Å². The Morgan fingerprint density at radius 3 is 1.53 bits per heavy atom. The second-order valence-electron chi connectivity index (χ2n) is 14.3. The summed E-state index contributed by atoms with van der Waals surface area (Å²) in [7, 11) is 3.28. The first-order valence-corrected chi connectivity index (χ1v) is 17.6. The van der Waals surface area contributed by atoms with E-state index in [1.54, 1.807) is 14.2 Å². The van der Waals surface area contributed by atoms with Gasteiger partial charge in [0.15, 0.2) is 0 Å². The van der Waals surface area contributed by atoms with Crippen LogP contribution in [0.4, 0.5) is 0 Å². The molecule has 6 fully saturated rings. The lowest BCUT2D eigenvalue weighted by molar-refractivity contribution is -0.0445. The number of ether oxygens (including phenoxy) is 3. The van der Waals surface area contributed by atoms with Crippen molar-refractivity contribution in [1.29, 1.82) is 0 Å². The highest BCUT2D eigenvalue weighted by atomic mass is 16.5. The third-order valence-corrected chi connectivity index (χ3v) is 11.9. The fourth-order valence-corrected chi connectivity index (χ4v) is 9.19. The lowest BCUT2D eigenvalue weighted by atomic mass is 9.73. The van der Waals surface area contributed by atoms with Crippen LogP contribution in [-0.4, -0.2) is 82.5 Å². The van der Waals surface area contributed by atoms with E-state index in [4.69, 9.17) is 24.2 Å². The fourth-order valence-electron chi connectivity index (χ4n) is 9.19. The van der Waals surface area contributed by atoms with Crippen LogP contribution in [0.2, 0.25) is 0 Å². The molecular weight excluding hydrogens is 616 g/mol. The molecule has 4 bridgehead atoms. The molecule has 6 aliphatic rings. The minimum atomic E-state index is -0.752. The molecule has 2 N–H and O–H groups in total. The van der Waals surface area contributed by atoms with Gasteiger partial charge < -0.3 is 24.4 Å². The lowest BCUT2D eigenvalue weighted by Crippen LogP contribution is -2.54. The normalized spacial score (nSPS) is 30.2. The van der Waals surface area contributed by atoms with Crippen LogP contribution in [0.3, 0.4) is 0 Å². The molecular formula is C40H46N4O5. The van der Waals surface area contributed by atoms with Crippen molar-refractivity contribution < 1.29 is 24.4 Å². The van der Waals surface area contributed by atoms with Gasteiger partial charge in [0.2, 0.25) is 11.8 Å². The lowest BCUT2D eigenvalue weighted by Gasteiger charge is -2.50. The maximum atomic E-state index is 12.1. The predicted molar refractivity (Wildman–Crippen MR) is 190 cm³/mol. The summed E-state index contributed by atoms with van der Waals surface area (Å²) in [5, 5.41) is 25.8.